The van der Waals surface area contributed by atoms with Crippen LogP contribution in [0.4, 0.5) is 10.1 Å². The molecule has 0 radical (unpaired) electrons. The van der Waals surface area contributed by atoms with Crippen molar-refractivity contribution >= 4 is 11.7 Å². The molecule has 2 aromatic carbocycles. The van der Waals surface area contributed by atoms with Crippen LogP contribution >= 0.6 is 0 Å². The van der Waals surface area contributed by atoms with Crippen LogP contribution in [-0.2, 0) is 16.0 Å². The predicted octanol–water partition coefficient (Wildman–Crippen LogP) is 2.79. The van der Waals surface area contributed by atoms with Gasteiger partial charge in [-0.05, 0) is 29.3 Å². The Labute approximate surface area is 110 Å². The van der Waals surface area contributed by atoms with E-state index in [0.29, 0.717) is 11.3 Å². The fraction of sp³-hybridized carbons (Fsp3) is 0.133. The monoisotopic (exact) mass is 259 g/mol. The van der Waals surface area contributed by atoms with E-state index < -0.39 is 11.8 Å². The van der Waals surface area contributed by atoms with Crippen molar-refractivity contribution in [1.82, 2.24) is 0 Å². The number of esters is 1. The highest BCUT2D eigenvalue weighted by atomic mass is 19.1. The molecule has 98 valence electrons. The van der Waals surface area contributed by atoms with Gasteiger partial charge in [0.2, 0.25) is 0 Å². The lowest BCUT2D eigenvalue weighted by atomic mass is 10.00. The van der Waals surface area contributed by atoms with Crippen LogP contribution in [0.25, 0.3) is 11.1 Å². The lowest BCUT2D eigenvalue weighted by Crippen LogP contribution is -2.06. The lowest BCUT2D eigenvalue weighted by Gasteiger charge is -2.08. The van der Waals surface area contributed by atoms with Gasteiger partial charge >= 0.3 is 5.97 Å². The smallest absolute Gasteiger partial charge is 0.310 e. The van der Waals surface area contributed by atoms with Crippen LogP contribution in [0.5, 0.6) is 0 Å². The summed E-state index contributed by atoms with van der Waals surface area (Å²) in [4.78, 5) is 11.2. The Hall–Kier alpha value is -2.36. The van der Waals surface area contributed by atoms with Gasteiger partial charge < -0.3 is 10.5 Å². The Morgan fingerprint density at radius 3 is 2.68 bits per heavy atom. The van der Waals surface area contributed by atoms with Crippen LogP contribution in [-0.4, -0.2) is 13.1 Å². The molecule has 0 bridgehead atoms. The molecule has 0 aliphatic carbocycles. The van der Waals surface area contributed by atoms with Gasteiger partial charge in [0, 0.05) is 11.3 Å². The van der Waals surface area contributed by atoms with Crippen molar-refractivity contribution in [1.29, 1.82) is 0 Å². The SMILES string of the molecule is COC(=O)Cc1cc(-c2ccccc2N)ccc1F. The summed E-state index contributed by atoms with van der Waals surface area (Å²) in [5.41, 5.74) is 8.38. The van der Waals surface area contributed by atoms with Crippen molar-refractivity contribution < 1.29 is 13.9 Å². The highest BCUT2D eigenvalue weighted by molar-refractivity contribution is 5.78. The van der Waals surface area contributed by atoms with Crippen molar-refractivity contribution in [2.24, 2.45) is 0 Å². The van der Waals surface area contributed by atoms with Crippen LogP contribution in [0.3, 0.4) is 0 Å². The van der Waals surface area contributed by atoms with Gasteiger partial charge in [-0.25, -0.2) is 4.39 Å². The maximum Gasteiger partial charge on any atom is 0.310 e. The van der Waals surface area contributed by atoms with Gasteiger partial charge in [0.05, 0.1) is 13.5 Å². The van der Waals surface area contributed by atoms with E-state index in [9.17, 15) is 9.18 Å². The standard InChI is InChI=1S/C15H14FNO2/c1-19-15(18)9-11-8-10(6-7-13(11)16)12-4-2-3-5-14(12)17/h2-8H,9,17H2,1H3. The summed E-state index contributed by atoms with van der Waals surface area (Å²) in [6.07, 6.45) is -0.0943. The minimum atomic E-state index is -0.475. The molecular weight excluding hydrogens is 245 g/mol. The first-order chi connectivity index (χ1) is 9.11. The third kappa shape index (κ3) is 2.91. The van der Waals surface area contributed by atoms with Gasteiger partial charge in [-0.2, -0.15) is 0 Å². The molecule has 0 spiro atoms. The number of rotatable bonds is 3. The normalized spacial score (nSPS) is 10.2. The summed E-state index contributed by atoms with van der Waals surface area (Å²) in [6, 6.07) is 11.9. The number of carbonyl (C=O) groups excluding carboxylic acids is 1. The zero-order valence-electron chi connectivity index (χ0n) is 10.5. The number of nitrogens with two attached hydrogens (primary N) is 1. The molecule has 0 fully saturated rings. The molecule has 0 saturated heterocycles. The Morgan fingerprint density at radius 1 is 1.26 bits per heavy atom. The van der Waals surface area contributed by atoms with E-state index in [1.165, 1.54) is 13.2 Å². The predicted molar refractivity (Wildman–Crippen MR) is 72.0 cm³/mol. The molecule has 2 rings (SSSR count). The van der Waals surface area contributed by atoms with E-state index in [0.717, 1.165) is 11.1 Å². The Balaban J connectivity index is 2.41. The number of hydrogen-bond acceptors (Lipinski definition) is 3. The maximum absolute atomic E-state index is 13.6. The molecule has 0 unspecified atom stereocenters. The van der Waals surface area contributed by atoms with Crippen molar-refractivity contribution in [2.75, 3.05) is 12.8 Å². The van der Waals surface area contributed by atoms with E-state index >= 15 is 0 Å². The summed E-state index contributed by atoms with van der Waals surface area (Å²) in [7, 11) is 1.28. The molecular formula is C15H14FNO2. The Kier molecular flexibility index (Phi) is 3.80. The van der Waals surface area contributed by atoms with E-state index in [4.69, 9.17) is 5.73 Å². The third-order valence-corrected chi connectivity index (χ3v) is 2.88. The Bertz CT molecular complexity index is 611. The van der Waals surface area contributed by atoms with Gasteiger partial charge in [0.1, 0.15) is 5.82 Å². The van der Waals surface area contributed by atoms with Gasteiger partial charge in [0.25, 0.3) is 0 Å². The largest absolute Gasteiger partial charge is 0.469 e. The summed E-state index contributed by atoms with van der Waals surface area (Å²) in [6.45, 7) is 0. The summed E-state index contributed by atoms with van der Waals surface area (Å²) in [5.74, 6) is -0.902. The number of nitrogen functional groups attached to an aromatic ring is 1. The molecule has 0 aliphatic heterocycles. The summed E-state index contributed by atoms with van der Waals surface area (Å²) < 4.78 is 18.2. The van der Waals surface area contributed by atoms with Crippen molar-refractivity contribution in [3.05, 3.63) is 53.8 Å². The summed E-state index contributed by atoms with van der Waals surface area (Å²) >= 11 is 0. The topological polar surface area (TPSA) is 52.3 Å². The molecule has 0 amide bonds. The van der Waals surface area contributed by atoms with Crippen molar-refractivity contribution in [2.45, 2.75) is 6.42 Å². The molecule has 0 aliphatic rings. The fourth-order valence-electron chi connectivity index (χ4n) is 1.87. The highest BCUT2D eigenvalue weighted by Gasteiger charge is 2.11. The van der Waals surface area contributed by atoms with E-state index in [2.05, 4.69) is 4.74 Å². The second-order valence-corrected chi connectivity index (χ2v) is 4.15. The first kappa shape index (κ1) is 13.1. The number of para-hydroxylation sites is 1. The average molecular weight is 259 g/mol. The molecule has 2 N–H and O–H groups in total. The number of anilines is 1. The molecule has 0 saturated carbocycles. The number of halogens is 1. The van der Waals surface area contributed by atoms with E-state index in [1.807, 2.05) is 18.2 Å². The minimum Gasteiger partial charge on any atom is -0.469 e. The van der Waals surface area contributed by atoms with Gasteiger partial charge in [-0.1, -0.05) is 24.3 Å². The average Bonchev–Trinajstić information content (AvgIpc) is 2.42. The number of methoxy groups -OCH3 is 1. The first-order valence-electron chi connectivity index (χ1n) is 5.82. The number of carbonyl (C=O) groups is 1. The van der Waals surface area contributed by atoms with E-state index in [1.54, 1.807) is 18.2 Å². The number of hydrogen-bond donors (Lipinski definition) is 1. The van der Waals surface area contributed by atoms with Crippen LogP contribution in [0.2, 0.25) is 0 Å². The Morgan fingerprint density at radius 2 is 2.00 bits per heavy atom. The van der Waals surface area contributed by atoms with Crippen LogP contribution in [0.1, 0.15) is 5.56 Å². The van der Waals surface area contributed by atoms with Crippen LogP contribution in [0, 0.1) is 5.82 Å². The lowest BCUT2D eigenvalue weighted by molar-refractivity contribution is -0.139. The molecule has 0 aromatic heterocycles. The second kappa shape index (κ2) is 5.52. The third-order valence-electron chi connectivity index (χ3n) is 2.88. The number of benzene rings is 2. The van der Waals surface area contributed by atoms with E-state index in [-0.39, 0.29) is 6.42 Å². The van der Waals surface area contributed by atoms with Crippen LogP contribution < -0.4 is 5.73 Å². The zero-order valence-corrected chi connectivity index (χ0v) is 10.5. The van der Waals surface area contributed by atoms with Gasteiger partial charge in [-0.15, -0.1) is 0 Å². The zero-order chi connectivity index (χ0) is 13.8. The fourth-order valence-corrected chi connectivity index (χ4v) is 1.87. The summed E-state index contributed by atoms with van der Waals surface area (Å²) in [5, 5.41) is 0. The van der Waals surface area contributed by atoms with Gasteiger partial charge in [-0.3, -0.25) is 4.79 Å². The molecule has 4 heteroatoms. The van der Waals surface area contributed by atoms with Crippen molar-refractivity contribution in [3.8, 4) is 11.1 Å². The van der Waals surface area contributed by atoms with Crippen LogP contribution in [0.15, 0.2) is 42.5 Å². The maximum atomic E-state index is 13.6. The molecule has 19 heavy (non-hydrogen) atoms. The van der Waals surface area contributed by atoms with Gasteiger partial charge in [0.15, 0.2) is 0 Å². The number of ether oxygens (including phenoxy) is 1. The molecule has 0 atom stereocenters. The highest BCUT2D eigenvalue weighted by Crippen LogP contribution is 2.27. The first-order valence-corrected chi connectivity index (χ1v) is 5.82. The molecule has 2 aromatic rings. The quantitative estimate of drug-likeness (QED) is 0.681. The second-order valence-electron chi connectivity index (χ2n) is 4.15. The molecule has 3 nitrogen and oxygen atoms in total. The van der Waals surface area contributed by atoms with Crippen molar-refractivity contribution in [3.63, 3.8) is 0 Å². The molecule has 0 heterocycles. The minimum absolute atomic E-state index is 0.0943.